The fourth-order valence-electron chi connectivity index (χ4n) is 3.25. The summed E-state index contributed by atoms with van der Waals surface area (Å²) < 4.78 is 50.6. The van der Waals surface area contributed by atoms with E-state index in [9.17, 15) is 18.0 Å². The van der Waals surface area contributed by atoms with Crippen molar-refractivity contribution >= 4 is 22.5 Å². The zero-order valence-electron chi connectivity index (χ0n) is 17.5. The van der Waals surface area contributed by atoms with Crippen molar-refractivity contribution in [3.8, 4) is 17.2 Å². The molecule has 8 nitrogen and oxygen atoms in total. The molecule has 0 unspecified atom stereocenters. The molecule has 0 fully saturated rings. The van der Waals surface area contributed by atoms with Crippen molar-refractivity contribution in [2.75, 3.05) is 12.4 Å². The lowest BCUT2D eigenvalue weighted by molar-refractivity contribution is -0.140. The van der Waals surface area contributed by atoms with Crippen molar-refractivity contribution in [3.05, 3.63) is 65.9 Å². The molecule has 1 atom stereocenters. The van der Waals surface area contributed by atoms with Gasteiger partial charge >= 0.3 is 6.18 Å². The van der Waals surface area contributed by atoms with Crippen LogP contribution in [0.15, 0.2) is 53.2 Å². The van der Waals surface area contributed by atoms with Gasteiger partial charge in [0.15, 0.2) is 11.5 Å². The highest BCUT2D eigenvalue weighted by Gasteiger charge is 2.33. The summed E-state index contributed by atoms with van der Waals surface area (Å²) >= 11 is 0. The molecule has 3 aromatic heterocycles. The predicted octanol–water partition coefficient (Wildman–Crippen LogP) is 4.58. The van der Waals surface area contributed by atoms with E-state index in [1.54, 1.807) is 31.3 Å². The number of methoxy groups -OCH3 is 1. The van der Waals surface area contributed by atoms with Gasteiger partial charge in [0.1, 0.15) is 17.0 Å². The summed E-state index contributed by atoms with van der Waals surface area (Å²) in [5.74, 6) is -0.294. The Morgan fingerprint density at radius 3 is 2.61 bits per heavy atom. The van der Waals surface area contributed by atoms with E-state index in [0.29, 0.717) is 16.6 Å². The molecule has 0 aliphatic heterocycles. The first kappa shape index (κ1) is 22.2. The molecular weight excluding hydrogens is 439 g/mol. The fraction of sp³-hybridized carbons (Fsp3) is 0.182. The number of hydrogen-bond acceptors (Lipinski definition) is 7. The largest absolute Gasteiger partial charge is 0.494 e. The van der Waals surface area contributed by atoms with Crippen LogP contribution in [-0.2, 0) is 6.18 Å². The third-order valence-corrected chi connectivity index (χ3v) is 4.76. The summed E-state index contributed by atoms with van der Waals surface area (Å²) in [6.07, 6.45) is -1.60. The van der Waals surface area contributed by atoms with E-state index in [1.165, 1.54) is 25.4 Å². The molecule has 11 heteroatoms. The van der Waals surface area contributed by atoms with Gasteiger partial charge in [-0.15, -0.1) is 0 Å². The molecule has 0 bridgehead atoms. The van der Waals surface area contributed by atoms with E-state index < -0.39 is 23.8 Å². The molecule has 3 N–H and O–H groups in total. The standard InChI is InChI=1S/C22H18F3N5O3/c1-11(26)19-18(20(31)28-12-4-3-9-27-10-12)30-21(33-19)14-5-7-15(32-2)17-13(14)6-8-16(29-17)22(23,24)25/h3-11H,26H2,1-2H3,(H,28,31)/t11-/m0/s1. The lowest BCUT2D eigenvalue weighted by Crippen LogP contribution is -2.17. The highest BCUT2D eigenvalue weighted by atomic mass is 19.4. The number of nitrogens with zero attached hydrogens (tertiary/aromatic N) is 3. The van der Waals surface area contributed by atoms with Crippen molar-refractivity contribution in [3.63, 3.8) is 0 Å². The molecule has 0 aliphatic rings. The Balaban J connectivity index is 1.83. The van der Waals surface area contributed by atoms with Gasteiger partial charge in [-0.05, 0) is 43.3 Å². The number of nitrogens with two attached hydrogens (primary N) is 1. The molecule has 0 aliphatic carbocycles. The van der Waals surface area contributed by atoms with E-state index in [-0.39, 0.29) is 28.6 Å². The number of benzene rings is 1. The van der Waals surface area contributed by atoms with Gasteiger partial charge in [-0.25, -0.2) is 9.97 Å². The SMILES string of the molecule is COc1ccc(-c2nc(C(=O)Nc3cccnc3)c([C@H](C)N)o2)c2ccc(C(F)(F)F)nc12. The van der Waals surface area contributed by atoms with Gasteiger partial charge in [0.2, 0.25) is 5.89 Å². The van der Waals surface area contributed by atoms with Gasteiger partial charge in [-0.2, -0.15) is 13.2 Å². The third-order valence-electron chi connectivity index (χ3n) is 4.76. The van der Waals surface area contributed by atoms with Crippen LogP contribution in [0, 0.1) is 0 Å². The second-order valence-electron chi connectivity index (χ2n) is 7.12. The van der Waals surface area contributed by atoms with Gasteiger partial charge < -0.3 is 20.2 Å². The third kappa shape index (κ3) is 4.35. The molecular formula is C22H18F3N5O3. The highest BCUT2D eigenvalue weighted by molar-refractivity contribution is 6.04. The highest BCUT2D eigenvalue weighted by Crippen LogP contribution is 2.37. The molecule has 1 aromatic carbocycles. The number of aromatic nitrogens is 3. The lowest BCUT2D eigenvalue weighted by atomic mass is 10.1. The molecule has 33 heavy (non-hydrogen) atoms. The van der Waals surface area contributed by atoms with Crippen LogP contribution in [0.2, 0.25) is 0 Å². The van der Waals surface area contributed by atoms with Crippen molar-refractivity contribution in [1.29, 1.82) is 0 Å². The Hall–Kier alpha value is -3.99. The van der Waals surface area contributed by atoms with E-state index in [1.807, 2.05) is 0 Å². The number of hydrogen-bond donors (Lipinski definition) is 2. The Kier molecular flexibility index (Phi) is 5.73. The van der Waals surface area contributed by atoms with Crippen LogP contribution >= 0.6 is 0 Å². The maximum atomic E-state index is 13.2. The minimum absolute atomic E-state index is 0.00727. The average Bonchev–Trinajstić information content (AvgIpc) is 3.24. The number of halogens is 3. The van der Waals surface area contributed by atoms with Crippen LogP contribution in [0.4, 0.5) is 18.9 Å². The van der Waals surface area contributed by atoms with Gasteiger partial charge in [0.05, 0.1) is 25.0 Å². The van der Waals surface area contributed by atoms with Crippen LogP contribution in [0.25, 0.3) is 22.4 Å². The van der Waals surface area contributed by atoms with E-state index in [4.69, 9.17) is 14.9 Å². The number of pyridine rings is 2. The second-order valence-corrected chi connectivity index (χ2v) is 7.12. The van der Waals surface area contributed by atoms with Crippen LogP contribution in [-0.4, -0.2) is 28.0 Å². The van der Waals surface area contributed by atoms with Gasteiger partial charge in [-0.1, -0.05) is 0 Å². The van der Waals surface area contributed by atoms with E-state index >= 15 is 0 Å². The summed E-state index contributed by atoms with van der Waals surface area (Å²) in [6, 6.07) is 7.76. The number of ether oxygens (including phenoxy) is 1. The van der Waals surface area contributed by atoms with Crippen LogP contribution in [0.5, 0.6) is 5.75 Å². The summed E-state index contributed by atoms with van der Waals surface area (Å²) in [4.78, 5) is 24.8. The van der Waals surface area contributed by atoms with Crippen molar-refractivity contribution in [2.24, 2.45) is 5.73 Å². The zero-order chi connectivity index (χ0) is 23.8. The lowest BCUT2D eigenvalue weighted by Gasteiger charge is -2.11. The molecule has 0 spiro atoms. The van der Waals surface area contributed by atoms with Gasteiger partial charge in [-0.3, -0.25) is 9.78 Å². The van der Waals surface area contributed by atoms with Crippen molar-refractivity contribution in [2.45, 2.75) is 19.1 Å². The van der Waals surface area contributed by atoms with Crippen molar-refractivity contribution in [1.82, 2.24) is 15.0 Å². The summed E-state index contributed by atoms with van der Waals surface area (Å²) in [5, 5.41) is 2.97. The molecule has 4 aromatic rings. The second kappa shape index (κ2) is 8.51. The minimum Gasteiger partial charge on any atom is -0.494 e. The summed E-state index contributed by atoms with van der Waals surface area (Å²) in [6.45, 7) is 1.62. The maximum absolute atomic E-state index is 13.2. The molecule has 0 radical (unpaired) electrons. The number of carbonyl (C=O) groups excluding carboxylic acids is 1. The molecule has 0 saturated heterocycles. The number of carbonyl (C=O) groups is 1. The van der Waals surface area contributed by atoms with Crippen LogP contribution < -0.4 is 15.8 Å². The fourth-order valence-corrected chi connectivity index (χ4v) is 3.25. The minimum atomic E-state index is -4.63. The monoisotopic (exact) mass is 457 g/mol. The Morgan fingerprint density at radius 2 is 1.97 bits per heavy atom. The maximum Gasteiger partial charge on any atom is 0.433 e. The number of fused-ring (bicyclic) bond motifs is 1. The Morgan fingerprint density at radius 1 is 1.18 bits per heavy atom. The molecule has 0 saturated carbocycles. The summed E-state index contributed by atoms with van der Waals surface area (Å²) in [5.41, 5.74) is 5.62. The number of alkyl halides is 3. The first-order chi connectivity index (χ1) is 15.7. The molecule has 170 valence electrons. The number of amides is 1. The molecule has 4 rings (SSSR count). The number of rotatable bonds is 5. The average molecular weight is 457 g/mol. The zero-order valence-corrected chi connectivity index (χ0v) is 17.5. The van der Waals surface area contributed by atoms with Crippen LogP contribution in [0.1, 0.15) is 34.9 Å². The van der Waals surface area contributed by atoms with Gasteiger partial charge in [0, 0.05) is 17.1 Å². The topological polar surface area (TPSA) is 116 Å². The Bertz CT molecular complexity index is 1320. The number of oxazole rings is 1. The smallest absolute Gasteiger partial charge is 0.433 e. The first-order valence-electron chi connectivity index (χ1n) is 9.72. The predicted molar refractivity (Wildman–Crippen MR) is 114 cm³/mol. The number of anilines is 1. The first-order valence-corrected chi connectivity index (χ1v) is 9.72. The number of nitrogens with one attached hydrogen (secondary N) is 1. The van der Waals surface area contributed by atoms with Gasteiger partial charge in [0.25, 0.3) is 5.91 Å². The molecule has 1 amide bonds. The quantitative estimate of drug-likeness (QED) is 0.450. The van der Waals surface area contributed by atoms with E-state index in [2.05, 4.69) is 20.3 Å². The normalized spacial score (nSPS) is 12.5. The molecule has 3 heterocycles. The Labute approximate surface area is 185 Å². The summed E-state index contributed by atoms with van der Waals surface area (Å²) in [7, 11) is 1.33. The van der Waals surface area contributed by atoms with E-state index in [0.717, 1.165) is 6.07 Å². The van der Waals surface area contributed by atoms with Crippen LogP contribution in [0.3, 0.4) is 0 Å². The van der Waals surface area contributed by atoms with Crippen molar-refractivity contribution < 1.29 is 27.1 Å².